The quantitative estimate of drug-likeness (QED) is 0.580. The lowest BCUT2D eigenvalue weighted by molar-refractivity contribution is 1.05. The van der Waals surface area contributed by atoms with Crippen molar-refractivity contribution >= 4 is 50.8 Å². The fourth-order valence-corrected chi connectivity index (χ4v) is 3.18. The molecule has 0 amide bonds. The molecule has 2 aromatic carbocycles. The minimum absolute atomic E-state index is 0.643. The Morgan fingerprint density at radius 3 is 2.79 bits per heavy atom. The molecule has 0 saturated carbocycles. The molecular weight excluding hydrogens is 344 g/mol. The van der Waals surface area contributed by atoms with Crippen molar-refractivity contribution in [2.24, 2.45) is 0 Å². The van der Waals surface area contributed by atoms with Crippen LogP contribution >= 0.6 is 39.7 Å². The monoisotopic (exact) mass is 352 g/mol. The van der Waals surface area contributed by atoms with E-state index in [2.05, 4.69) is 20.9 Å². The first kappa shape index (κ1) is 12.9. The van der Waals surface area contributed by atoms with Crippen molar-refractivity contribution in [2.45, 2.75) is 6.92 Å². The number of rotatable bonds is 1. The molecule has 0 bridgehead atoms. The van der Waals surface area contributed by atoms with Crippen LogP contribution in [0, 0.1) is 11.7 Å². The number of aromatic amines is 1. The fraction of sp³-hybridized carbons (Fsp3) is 0.0714. The molecule has 19 heavy (non-hydrogen) atoms. The molecule has 3 aromatic rings. The van der Waals surface area contributed by atoms with Crippen molar-refractivity contribution in [3.63, 3.8) is 0 Å². The summed E-state index contributed by atoms with van der Waals surface area (Å²) < 4.78 is 3.64. The van der Waals surface area contributed by atoms with Gasteiger partial charge in [-0.2, -0.15) is 0 Å². The molecule has 3 rings (SSSR count). The number of hydrogen-bond donors (Lipinski definition) is 1. The number of hydrogen-bond acceptors (Lipinski definition) is 1. The molecule has 0 aliphatic carbocycles. The van der Waals surface area contributed by atoms with Crippen molar-refractivity contribution in [3.05, 3.63) is 56.2 Å². The van der Waals surface area contributed by atoms with Crippen molar-refractivity contribution in [1.29, 1.82) is 0 Å². The average molecular weight is 354 g/mol. The van der Waals surface area contributed by atoms with Crippen LogP contribution in [0.2, 0.25) is 5.02 Å². The molecule has 0 radical (unpaired) electrons. The third-order valence-corrected chi connectivity index (χ3v) is 4.14. The SMILES string of the molecule is Cc1cccc(Cl)c1-n1c(=S)[nH]c2cc(Br)ccc21. The minimum atomic E-state index is 0.643. The van der Waals surface area contributed by atoms with Gasteiger partial charge in [0.05, 0.1) is 21.7 Å². The van der Waals surface area contributed by atoms with Gasteiger partial charge >= 0.3 is 0 Å². The zero-order valence-corrected chi connectivity index (χ0v) is 13.2. The highest BCUT2D eigenvalue weighted by molar-refractivity contribution is 9.10. The molecule has 1 heterocycles. The molecule has 1 aromatic heterocycles. The first-order chi connectivity index (χ1) is 9.08. The lowest BCUT2D eigenvalue weighted by Gasteiger charge is -2.10. The second-order valence-corrected chi connectivity index (χ2v) is 6.04. The summed E-state index contributed by atoms with van der Waals surface area (Å²) in [6.45, 7) is 2.03. The Morgan fingerprint density at radius 2 is 2.05 bits per heavy atom. The van der Waals surface area contributed by atoms with Crippen molar-refractivity contribution in [3.8, 4) is 5.69 Å². The summed E-state index contributed by atoms with van der Waals surface area (Å²) in [4.78, 5) is 3.21. The summed E-state index contributed by atoms with van der Waals surface area (Å²) in [5.74, 6) is 0. The molecule has 0 unspecified atom stereocenters. The van der Waals surface area contributed by atoms with E-state index in [1.54, 1.807) is 0 Å². The summed E-state index contributed by atoms with van der Waals surface area (Å²) >= 11 is 15.2. The average Bonchev–Trinajstić information content (AvgIpc) is 2.65. The van der Waals surface area contributed by atoms with Crippen molar-refractivity contribution < 1.29 is 0 Å². The lowest BCUT2D eigenvalue weighted by atomic mass is 10.2. The molecule has 5 heteroatoms. The second-order valence-electron chi connectivity index (χ2n) is 4.33. The third kappa shape index (κ3) is 2.14. The number of fused-ring (bicyclic) bond motifs is 1. The lowest BCUT2D eigenvalue weighted by Crippen LogP contribution is -1.98. The number of aryl methyl sites for hydroxylation is 1. The van der Waals surface area contributed by atoms with E-state index < -0.39 is 0 Å². The summed E-state index contributed by atoms with van der Waals surface area (Å²) in [7, 11) is 0. The van der Waals surface area contributed by atoms with Gasteiger partial charge in [-0.05, 0) is 49.0 Å². The molecule has 0 saturated heterocycles. The number of para-hydroxylation sites is 1. The Bertz CT molecular complexity index is 815. The van der Waals surface area contributed by atoms with E-state index in [1.165, 1.54) is 0 Å². The molecule has 0 aliphatic rings. The van der Waals surface area contributed by atoms with Crippen LogP contribution in [0.25, 0.3) is 16.7 Å². The van der Waals surface area contributed by atoms with Gasteiger partial charge < -0.3 is 4.98 Å². The van der Waals surface area contributed by atoms with Gasteiger partial charge in [-0.25, -0.2) is 0 Å². The highest BCUT2D eigenvalue weighted by Crippen LogP contribution is 2.29. The summed E-state index contributed by atoms with van der Waals surface area (Å²) in [6.07, 6.45) is 0. The van der Waals surface area contributed by atoms with Crippen LogP contribution in [0.15, 0.2) is 40.9 Å². The second kappa shape index (κ2) is 4.78. The van der Waals surface area contributed by atoms with Crippen LogP contribution in [0.3, 0.4) is 0 Å². The largest absolute Gasteiger partial charge is 0.330 e. The van der Waals surface area contributed by atoms with E-state index in [0.717, 1.165) is 26.8 Å². The highest BCUT2D eigenvalue weighted by atomic mass is 79.9. The molecule has 0 spiro atoms. The van der Waals surface area contributed by atoms with Crippen molar-refractivity contribution in [1.82, 2.24) is 9.55 Å². The number of nitrogens with one attached hydrogen (secondary N) is 1. The highest BCUT2D eigenvalue weighted by Gasteiger charge is 2.11. The van der Waals surface area contributed by atoms with E-state index >= 15 is 0 Å². The number of halogens is 2. The minimum Gasteiger partial charge on any atom is -0.330 e. The third-order valence-electron chi connectivity index (χ3n) is 3.06. The number of benzene rings is 2. The molecule has 0 aliphatic heterocycles. The predicted octanol–water partition coefficient (Wildman–Crippen LogP) is 5.41. The Morgan fingerprint density at radius 1 is 1.26 bits per heavy atom. The maximum atomic E-state index is 6.33. The number of nitrogens with zero attached hydrogens (tertiary/aromatic N) is 1. The van der Waals surface area contributed by atoms with Gasteiger partial charge in [0, 0.05) is 4.47 Å². The summed E-state index contributed by atoms with van der Waals surface area (Å²) in [6, 6.07) is 11.9. The first-order valence-electron chi connectivity index (χ1n) is 5.73. The maximum Gasteiger partial charge on any atom is 0.182 e. The van der Waals surface area contributed by atoms with Gasteiger partial charge in [-0.1, -0.05) is 39.7 Å². The maximum absolute atomic E-state index is 6.33. The molecule has 0 atom stereocenters. The zero-order valence-electron chi connectivity index (χ0n) is 10.1. The molecule has 0 fully saturated rings. The van der Waals surface area contributed by atoms with Gasteiger partial charge in [0.15, 0.2) is 4.77 Å². The van der Waals surface area contributed by atoms with Gasteiger partial charge in [-0.3, -0.25) is 4.57 Å². The molecular formula is C14H10BrClN2S. The van der Waals surface area contributed by atoms with Crippen LogP contribution in [-0.4, -0.2) is 9.55 Å². The Balaban J connectivity index is 2.43. The zero-order chi connectivity index (χ0) is 13.6. The van der Waals surface area contributed by atoms with E-state index in [4.69, 9.17) is 23.8 Å². The molecule has 96 valence electrons. The van der Waals surface area contributed by atoms with Crippen LogP contribution in [0.1, 0.15) is 5.56 Å². The van der Waals surface area contributed by atoms with Gasteiger partial charge in [0.1, 0.15) is 0 Å². The summed E-state index contributed by atoms with van der Waals surface area (Å²) in [5.41, 5.74) is 4.03. The Hall–Kier alpha value is -1.10. The van der Waals surface area contributed by atoms with Gasteiger partial charge in [0.2, 0.25) is 0 Å². The molecule has 1 N–H and O–H groups in total. The smallest absolute Gasteiger partial charge is 0.182 e. The van der Waals surface area contributed by atoms with E-state index in [-0.39, 0.29) is 0 Å². The van der Waals surface area contributed by atoms with Crippen LogP contribution in [0.4, 0.5) is 0 Å². The normalized spacial score (nSPS) is 11.1. The standard InChI is InChI=1S/C14H10BrClN2S/c1-8-3-2-4-10(16)13(8)18-12-6-5-9(15)7-11(12)17-14(18)19/h2-7H,1H3,(H,17,19). The van der Waals surface area contributed by atoms with Crippen LogP contribution in [-0.2, 0) is 0 Å². The Labute approximate surface area is 129 Å². The predicted molar refractivity (Wildman–Crippen MR) is 85.9 cm³/mol. The van der Waals surface area contributed by atoms with Gasteiger partial charge in [-0.15, -0.1) is 0 Å². The van der Waals surface area contributed by atoms with Crippen LogP contribution in [0.5, 0.6) is 0 Å². The topological polar surface area (TPSA) is 20.7 Å². The van der Waals surface area contributed by atoms with E-state index in [9.17, 15) is 0 Å². The first-order valence-corrected chi connectivity index (χ1v) is 7.31. The van der Waals surface area contributed by atoms with E-state index in [1.807, 2.05) is 47.9 Å². The summed E-state index contributed by atoms with van der Waals surface area (Å²) in [5, 5.41) is 0.694. The van der Waals surface area contributed by atoms with E-state index in [0.29, 0.717) is 9.79 Å². The number of imidazole rings is 1. The Kier molecular flexibility index (Phi) is 3.25. The number of H-pyrrole nitrogens is 1. The van der Waals surface area contributed by atoms with Crippen LogP contribution < -0.4 is 0 Å². The van der Waals surface area contributed by atoms with Crippen molar-refractivity contribution in [2.75, 3.05) is 0 Å². The van der Waals surface area contributed by atoms with Gasteiger partial charge in [0.25, 0.3) is 0 Å². The molecule has 2 nitrogen and oxygen atoms in total. The number of aromatic nitrogens is 2. The fourth-order valence-electron chi connectivity index (χ4n) is 2.21.